The van der Waals surface area contributed by atoms with E-state index in [9.17, 15) is 5.11 Å². The number of hydrogen-bond donors (Lipinski definition) is 2. The van der Waals surface area contributed by atoms with Crippen LogP contribution in [0.5, 0.6) is 5.75 Å². The Balaban J connectivity index is 1.53. The van der Waals surface area contributed by atoms with Crippen molar-refractivity contribution < 1.29 is 9.84 Å². The van der Waals surface area contributed by atoms with E-state index in [0.717, 1.165) is 50.2 Å². The lowest BCUT2D eigenvalue weighted by atomic mass is 9.89. The monoisotopic (exact) mass is 304 g/mol. The van der Waals surface area contributed by atoms with Gasteiger partial charge in [-0.15, -0.1) is 0 Å². The molecule has 2 N–H and O–H groups in total. The fourth-order valence-electron chi connectivity index (χ4n) is 3.88. The van der Waals surface area contributed by atoms with Crippen LogP contribution in [0.4, 0.5) is 5.69 Å². The molecule has 1 aromatic carbocycles. The molecule has 0 aromatic heterocycles. The average Bonchev–Trinajstić information content (AvgIpc) is 2.57. The molecule has 2 fully saturated rings. The molecule has 1 aliphatic heterocycles. The zero-order chi connectivity index (χ0) is 15.4. The Morgan fingerprint density at radius 2 is 1.82 bits per heavy atom. The van der Waals surface area contributed by atoms with Crippen molar-refractivity contribution in [2.24, 2.45) is 0 Å². The number of piperidine rings is 1. The first kappa shape index (κ1) is 15.6. The van der Waals surface area contributed by atoms with Crippen molar-refractivity contribution in [1.29, 1.82) is 0 Å². The first-order valence-corrected chi connectivity index (χ1v) is 8.59. The Morgan fingerprint density at radius 1 is 1.09 bits per heavy atom. The number of aliphatic hydroxyl groups excluding tert-OH is 1. The van der Waals surface area contributed by atoms with Crippen molar-refractivity contribution in [2.45, 2.75) is 56.7 Å². The van der Waals surface area contributed by atoms with Crippen LogP contribution in [-0.4, -0.2) is 48.4 Å². The minimum absolute atomic E-state index is 0.118. The van der Waals surface area contributed by atoms with Crippen molar-refractivity contribution in [3.05, 3.63) is 24.3 Å². The Labute approximate surface area is 133 Å². The molecule has 4 heteroatoms. The van der Waals surface area contributed by atoms with Gasteiger partial charge in [0.2, 0.25) is 0 Å². The highest BCUT2D eigenvalue weighted by molar-refractivity contribution is 5.56. The van der Waals surface area contributed by atoms with Crippen LogP contribution in [0.15, 0.2) is 24.3 Å². The van der Waals surface area contributed by atoms with Gasteiger partial charge in [-0.1, -0.05) is 25.0 Å². The summed E-state index contributed by atoms with van der Waals surface area (Å²) in [5, 5.41) is 13.8. The maximum absolute atomic E-state index is 10.2. The summed E-state index contributed by atoms with van der Waals surface area (Å²) in [5.74, 6) is 0.910. The fraction of sp³-hybridized carbons (Fsp3) is 0.667. The van der Waals surface area contributed by atoms with Crippen LogP contribution >= 0.6 is 0 Å². The lowest BCUT2D eigenvalue weighted by Crippen LogP contribution is -2.50. The van der Waals surface area contributed by atoms with E-state index in [0.29, 0.717) is 12.1 Å². The normalized spacial score (nSPS) is 27.5. The summed E-state index contributed by atoms with van der Waals surface area (Å²) in [6.07, 6.45) is 6.72. The molecule has 0 amide bonds. The van der Waals surface area contributed by atoms with Crippen LogP contribution in [0.3, 0.4) is 0 Å². The lowest BCUT2D eigenvalue weighted by molar-refractivity contribution is 0.00993. The van der Waals surface area contributed by atoms with Crippen molar-refractivity contribution >= 4 is 5.69 Å². The summed E-state index contributed by atoms with van der Waals surface area (Å²) < 4.78 is 5.41. The van der Waals surface area contributed by atoms with Gasteiger partial charge in [-0.25, -0.2) is 0 Å². The van der Waals surface area contributed by atoms with Gasteiger partial charge in [0.25, 0.3) is 0 Å². The fourth-order valence-corrected chi connectivity index (χ4v) is 3.88. The molecular formula is C18H28N2O2. The van der Waals surface area contributed by atoms with E-state index < -0.39 is 0 Å². The van der Waals surface area contributed by atoms with Gasteiger partial charge >= 0.3 is 0 Å². The number of nitrogens with one attached hydrogen (secondary N) is 1. The van der Waals surface area contributed by atoms with Crippen molar-refractivity contribution in [3.8, 4) is 5.75 Å². The summed E-state index contributed by atoms with van der Waals surface area (Å²) in [6.45, 7) is 2.16. The van der Waals surface area contributed by atoms with E-state index in [1.165, 1.54) is 12.8 Å². The summed E-state index contributed by atoms with van der Waals surface area (Å²) >= 11 is 0. The van der Waals surface area contributed by atoms with Crippen LogP contribution in [0.2, 0.25) is 0 Å². The molecule has 122 valence electrons. The summed E-state index contributed by atoms with van der Waals surface area (Å²) in [6, 6.07) is 9.00. The van der Waals surface area contributed by atoms with Gasteiger partial charge in [-0.05, 0) is 37.8 Å². The zero-order valence-electron chi connectivity index (χ0n) is 13.5. The number of likely N-dealkylation sites (tertiary alicyclic amines) is 1. The first-order chi connectivity index (χ1) is 10.8. The van der Waals surface area contributed by atoms with Crippen LogP contribution in [0, 0.1) is 0 Å². The van der Waals surface area contributed by atoms with Crippen LogP contribution in [-0.2, 0) is 0 Å². The molecule has 22 heavy (non-hydrogen) atoms. The molecule has 4 nitrogen and oxygen atoms in total. The third-order valence-electron chi connectivity index (χ3n) is 5.16. The third-order valence-corrected chi connectivity index (χ3v) is 5.16. The second kappa shape index (κ2) is 7.34. The van der Waals surface area contributed by atoms with Gasteiger partial charge in [-0.3, -0.25) is 4.90 Å². The molecule has 3 rings (SSSR count). The molecule has 1 saturated heterocycles. The van der Waals surface area contributed by atoms with Gasteiger partial charge in [0, 0.05) is 25.2 Å². The van der Waals surface area contributed by atoms with Gasteiger partial charge in [-0.2, -0.15) is 0 Å². The predicted octanol–water partition coefficient (Wildman–Crippen LogP) is 2.88. The third kappa shape index (κ3) is 3.55. The number of aliphatic hydroxyl groups is 1. The van der Waals surface area contributed by atoms with E-state index >= 15 is 0 Å². The smallest absolute Gasteiger partial charge is 0.141 e. The molecule has 0 spiro atoms. The van der Waals surface area contributed by atoms with Gasteiger partial charge in [0.1, 0.15) is 5.75 Å². The Kier molecular flexibility index (Phi) is 5.21. The number of methoxy groups -OCH3 is 1. The Morgan fingerprint density at radius 3 is 2.55 bits per heavy atom. The van der Waals surface area contributed by atoms with E-state index in [-0.39, 0.29) is 6.10 Å². The molecule has 1 aliphatic carbocycles. The summed E-state index contributed by atoms with van der Waals surface area (Å²) in [5.41, 5.74) is 1.08. The van der Waals surface area contributed by atoms with Crippen LogP contribution in [0.1, 0.15) is 38.5 Å². The Hall–Kier alpha value is -1.26. The number of benzene rings is 1. The average molecular weight is 304 g/mol. The van der Waals surface area contributed by atoms with E-state index in [4.69, 9.17) is 4.74 Å². The molecule has 2 aliphatic rings. The van der Waals surface area contributed by atoms with E-state index in [2.05, 4.69) is 16.3 Å². The lowest BCUT2D eigenvalue weighted by Gasteiger charge is -2.41. The highest BCUT2D eigenvalue weighted by atomic mass is 16.5. The first-order valence-electron chi connectivity index (χ1n) is 8.59. The van der Waals surface area contributed by atoms with Crippen molar-refractivity contribution in [1.82, 2.24) is 4.90 Å². The standard InChI is InChI=1S/C18H28N2O2/c1-22-18-9-5-2-6-15(18)19-14-10-12-20(13-11-14)16-7-3-4-8-17(16)21/h2,5-6,9,14,16-17,19,21H,3-4,7-8,10-13H2,1H3. The van der Waals surface area contributed by atoms with Crippen molar-refractivity contribution in [3.63, 3.8) is 0 Å². The maximum atomic E-state index is 10.2. The largest absolute Gasteiger partial charge is 0.495 e. The van der Waals surface area contributed by atoms with Crippen molar-refractivity contribution in [2.75, 3.05) is 25.5 Å². The Bertz CT molecular complexity index is 472. The quantitative estimate of drug-likeness (QED) is 0.898. The van der Waals surface area contributed by atoms with Gasteiger partial charge < -0.3 is 15.2 Å². The molecular weight excluding hydrogens is 276 g/mol. The minimum Gasteiger partial charge on any atom is -0.495 e. The van der Waals surface area contributed by atoms with Crippen LogP contribution in [0.25, 0.3) is 0 Å². The van der Waals surface area contributed by atoms with Gasteiger partial charge in [0.15, 0.2) is 0 Å². The molecule has 2 unspecified atom stereocenters. The molecule has 0 radical (unpaired) electrons. The number of ether oxygens (including phenoxy) is 1. The summed E-state index contributed by atoms with van der Waals surface area (Å²) in [4.78, 5) is 2.50. The molecule has 2 atom stereocenters. The van der Waals surface area contributed by atoms with Gasteiger partial charge in [0.05, 0.1) is 18.9 Å². The summed E-state index contributed by atoms with van der Waals surface area (Å²) in [7, 11) is 1.72. The zero-order valence-corrected chi connectivity index (χ0v) is 13.5. The predicted molar refractivity (Wildman–Crippen MR) is 89.5 cm³/mol. The molecule has 1 saturated carbocycles. The second-order valence-corrected chi connectivity index (χ2v) is 6.57. The molecule has 1 aromatic rings. The SMILES string of the molecule is COc1ccccc1NC1CCN(C2CCCCC2O)CC1. The highest BCUT2D eigenvalue weighted by Gasteiger charge is 2.31. The number of rotatable bonds is 4. The number of anilines is 1. The second-order valence-electron chi connectivity index (χ2n) is 6.57. The van der Waals surface area contributed by atoms with Crippen LogP contribution < -0.4 is 10.1 Å². The number of para-hydroxylation sites is 2. The minimum atomic E-state index is -0.118. The topological polar surface area (TPSA) is 44.7 Å². The highest BCUT2D eigenvalue weighted by Crippen LogP contribution is 2.29. The number of nitrogens with zero attached hydrogens (tertiary/aromatic N) is 1. The maximum Gasteiger partial charge on any atom is 0.141 e. The number of hydrogen-bond acceptors (Lipinski definition) is 4. The van der Waals surface area contributed by atoms with E-state index in [1.54, 1.807) is 7.11 Å². The molecule has 1 heterocycles. The molecule has 0 bridgehead atoms. The van der Waals surface area contributed by atoms with E-state index in [1.807, 2.05) is 18.2 Å².